The standard InChI is InChI=1S/C27H29F3N4O2/c1-16-3-4-19(11-17(16)2)26(36)33-9-7-18(8-10-33)22-14-34(15-23(22)25(32)35)21-6-5-20(13-31)24(12-21)27(28,29)30/h3-6,11-12,18,22-23H,7-10,14-15H2,1-2H3,(H2,32,35)/t22-,23+/m0/s1. The monoisotopic (exact) mass is 498 g/mol. The maximum absolute atomic E-state index is 13.5. The lowest BCUT2D eigenvalue weighted by Gasteiger charge is -2.36. The van der Waals surface area contributed by atoms with E-state index in [1.807, 2.05) is 36.9 Å². The van der Waals surface area contributed by atoms with Gasteiger partial charge in [0.2, 0.25) is 5.91 Å². The van der Waals surface area contributed by atoms with E-state index in [4.69, 9.17) is 11.0 Å². The number of likely N-dealkylation sites (tertiary alicyclic amines) is 1. The second kappa shape index (κ2) is 9.84. The zero-order valence-corrected chi connectivity index (χ0v) is 20.3. The van der Waals surface area contributed by atoms with Crippen molar-refractivity contribution in [3.63, 3.8) is 0 Å². The van der Waals surface area contributed by atoms with E-state index >= 15 is 0 Å². The van der Waals surface area contributed by atoms with Crippen molar-refractivity contribution < 1.29 is 22.8 Å². The molecule has 6 nitrogen and oxygen atoms in total. The Labute approximate surface area is 208 Å². The number of alkyl halides is 3. The molecule has 2 aliphatic heterocycles. The van der Waals surface area contributed by atoms with Gasteiger partial charge in [-0.3, -0.25) is 9.59 Å². The lowest BCUT2D eigenvalue weighted by molar-refractivity contribution is -0.137. The number of rotatable bonds is 4. The summed E-state index contributed by atoms with van der Waals surface area (Å²) in [6, 6.07) is 10.9. The predicted molar refractivity (Wildman–Crippen MR) is 129 cm³/mol. The average molecular weight is 499 g/mol. The van der Waals surface area contributed by atoms with E-state index in [2.05, 4.69) is 0 Å². The van der Waals surface area contributed by atoms with Crippen LogP contribution in [0, 0.1) is 42.9 Å². The SMILES string of the molecule is Cc1ccc(C(=O)N2CCC([C@@H]3CN(c4ccc(C#N)c(C(F)(F)F)c4)C[C@H]3C(N)=O)CC2)cc1C. The Hall–Kier alpha value is -3.54. The number of nitrogens with zero attached hydrogens (tertiary/aromatic N) is 3. The van der Waals surface area contributed by atoms with Crippen LogP contribution in [0.4, 0.5) is 18.9 Å². The van der Waals surface area contributed by atoms with Crippen molar-refractivity contribution >= 4 is 17.5 Å². The first kappa shape index (κ1) is 25.5. The molecule has 2 amide bonds. The fourth-order valence-electron chi connectivity index (χ4n) is 5.47. The van der Waals surface area contributed by atoms with Gasteiger partial charge in [-0.05, 0) is 80.0 Å². The van der Waals surface area contributed by atoms with Gasteiger partial charge in [-0.25, -0.2) is 0 Å². The molecule has 0 radical (unpaired) electrons. The number of anilines is 1. The zero-order chi connectivity index (χ0) is 26.2. The smallest absolute Gasteiger partial charge is 0.370 e. The van der Waals surface area contributed by atoms with Crippen LogP contribution in [-0.4, -0.2) is 42.9 Å². The molecule has 2 aliphatic rings. The fraction of sp³-hybridized carbons (Fsp3) is 0.444. The summed E-state index contributed by atoms with van der Waals surface area (Å²) in [5.74, 6) is -0.987. The Kier molecular flexibility index (Phi) is 6.98. The molecular formula is C27H29F3N4O2. The third-order valence-corrected chi connectivity index (χ3v) is 7.71. The highest BCUT2D eigenvalue weighted by Gasteiger charge is 2.43. The molecule has 9 heteroatoms. The number of hydrogen-bond donors (Lipinski definition) is 1. The molecule has 0 saturated carbocycles. The van der Waals surface area contributed by atoms with Gasteiger partial charge < -0.3 is 15.5 Å². The first-order chi connectivity index (χ1) is 17.0. The summed E-state index contributed by atoms with van der Waals surface area (Å²) in [6.45, 7) is 5.69. The molecule has 2 aromatic carbocycles. The van der Waals surface area contributed by atoms with Crippen LogP contribution < -0.4 is 10.6 Å². The number of benzene rings is 2. The summed E-state index contributed by atoms with van der Waals surface area (Å²) in [6.07, 6.45) is -3.27. The van der Waals surface area contributed by atoms with Crippen molar-refractivity contribution in [2.75, 3.05) is 31.1 Å². The molecule has 0 aliphatic carbocycles. The summed E-state index contributed by atoms with van der Waals surface area (Å²) in [5.41, 5.74) is 7.43. The molecule has 2 fully saturated rings. The molecule has 4 rings (SSSR count). The molecule has 190 valence electrons. The topological polar surface area (TPSA) is 90.4 Å². The molecule has 0 unspecified atom stereocenters. The minimum Gasteiger partial charge on any atom is -0.370 e. The van der Waals surface area contributed by atoms with E-state index < -0.39 is 29.1 Å². The van der Waals surface area contributed by atoms with Crippen molar-refractivity contribution in [3.8, 4) is 6.07 Å². The lowest BCUT2D eigenvalue weighted by Crippen LogP contribution is -2.42. The van der Waals surface area contributed by atoms with Crippen LogP contribution in [0.15, 0.2) is 36.4 Å². The highest BCUT2D eigenvalue weighted by molar-refractivity contribution is 5.94. The third-order valence-electron chi connectivity index (χ3n) is 7.71. The quantitative estimate of drug-likeness (QED) is 0.681. The van der Waals surface area contributed by atoms with Gasteiger partial charge in [-0.2, -0.15) is 18.4 Å². The number of nitrogens with two attached hydrogens (primary N) is 1. The number of hydrogen-bond acceptors (Lipinski definition) is 4. The number of aryl methyl sites for hydroxylation is 2. The van der Waals surface area contributed by atoms with Crippen molar-refractivity contribution in [2.24, 2.45) is 23.5 Å². The van der Waals surface area contributed by atoms with E-state index in [0.717, 1.165) is 17.2 Å². The summed E-state index contributed by atoms with van der Waals surface area (Å²) in [7, 11) is 0. The van der Waals surface area contributed by atoms with Crippen LogP contribution in [0.2, 0.25) is 0 Å². The lowest BCUT2D eigenvalue weighted by atomic mass is 9.78. The summed E-state index contributed by atoms with van der Waals surface area (Å²) < 4.78 is 40.4. The number of piperidine rings is 1. The molecule has 36 heavy (non-hydrogen) atoms. The molecule has 2 aromatic rings. The minimum absolute atomic E-state index is 0.0201. The molecule has 0 aromatic heterocycles. The molecular weight excluding hydrogens is 469 g/mol. The molecule has 2 saturated heterocycles. The number of primary amides is 1. The van der Waals surface area contributed by atoms with Crippen LogP contribution in [0.25, 0.3) is 0 Å². The minimum atomic E-state index is -4.65. The van der Waals surface area contributed by atoms with Crippen LogP contribution in [-0.2, 0) is 11.0 Å². The first-order valence-electron chi connectivity index (χ1n) is 12.0. The maximum Gasteiger partial charge on any atom is 0.417 e. The Bertz CT molecular complexity index is 1210. The second-order valence-corrected chi connectivity index (χ2v) is 9.85. The molecule has 2 N–H and O–H groups in total. The third kappa shape index (κ3) is 5.03. The van der Waals surface area contributed by atoms with E-state index in [1.54, 1.807) is 11.0 Å². The van der Waals surface area contributed by atoms with E-state index in [-0.39, 0.29) is 24.3 Å². The van der Waals surface area contributed by atoms with Gasteiger partial charge in [0.25, 0.3) is 5.91 Å². The summed E-state index contributed by atoms with van der Waals surface area (Å²) in [4.78, 5) is 28.9. The second-order valence-electron chi connectivity index (χ2n) is 9.85. The summed E-state index contributed by atoms with van der Waals surface area (Å²) >= 11 is 0. The highest BCUT2D eigenvalue weighted by atomic mass is 19.4. The van der Waals surface area contributed by atoms with Crippen molar-refractivity contribution in [2.45, 2.75) is 32.9 Å². The van der Waals surface area contributed by atoms with Gasteiger partial charge in [0.05, 0.1) is 23.1 Å². The van der Waals surface area contributed by atoms with Crippen LogP contribution in [0.5, 0.6) is 0 Å². The molecule has 2 heterocycles. The Balaban J connectivity index is 1.47. The number of amides is 2. The Morgan fingerprint density at radius 2 is 1.72 bits per heavy atom. The normalized spacial score (nSPS) is 20.9. The van der Waals surface area contributed by atoms with Gasteiger partial charge in [-0.15, -0.1) is 0 Å². The van der Waals surface area contributed by atoms with E-state index in [1.165, 1.54) is 12.1 Å². The van der Waals surface area contributed by atoms with Crippen LogP contribution >= 0.6 is 0 Å². The largest absolute Gasteiger partial charge is 0.417 e. The number of nitriles is 1. The van der Waals surface area contributed by atoms with Gasteiger partial charge in [0, 0.05) is 37.4 Å². The van der Waals surface area contributed by atoms with Crippen LogP contribution in [0.1, 0.15) is 45.5 Å². The Morgan fingerprint density at radius 3 is 2.31 bits per heavy atom. The van der Waals surface area contributed by atoms with Gasteiger partial charge in [0.1, 0.15) is 0 Å². The summed E-state index contributed by atoms with van der Waals surface area (Å²) in [5, 5.41) is 9.07. The van der Waals surface area contributed by atoms with Gasteiger partial charge in [-0.1, -0.05) is 6.07 Å². The van der Waals surface area contributed by atoms with E-state index in [9.17, 15) is 22.8 Å². The zero-order valence-electron chi connectivity index (χ0n) is 20.3. The maximum atomic E-state index is 13.5. The fourth-order valence-corrected chi connectivity index (χ4v) is 5.47. The van der Waals surface area contributed by atoms with Gasteiger partial charge >= 0.3 is 6.18 Å². The predicted octanol–water partition coefficient (Wildman–Crippen LogP) is 4.28. The van der Waals surface area contributed by atoms with Crippen molar-refractivity contribution in [1.29, 1.82) is 5.26 Å². The molecule has 0 spiro atoms. The Morgan fingerprint density at radius 1 is 1.03 bits per heavy atom. The van der Waals surface area contributed by atoms with Gasteiger partial charge in [0.15, 0.2) is 0 Å². The van der Waals surface area contributed by atoms with Crippen LogP contribution in [0.3, 0.4) is 0 Å². The number of carbonyl (C=O) groups is 2. The highest BCUT2D eigenvalue weighted by Crippen LogP contribution is 2.40. The van der Waals surface area contributed by atoms with Crippen molar-refractivity contribution in [3.05, 3.63) is 64.2 Å². The first-order valence-corrected chi connectivity index (χ1v) is 12.0. The molecule has 2 atom stereocenters. The number of halogens is 3. The average Bonchev–Trinajstić information content (AvgIpc) is 3.30. The van der Waals surface area contributed by atoms with E-state index in [0.29, 0.717) is 43.7 Å². The number of carbonyl (C=O) groups excluding carboxylic acids is 2. The molecule has 0 bridgehead atoms. The van der Waals surface area contributed by atoms with Crippen molar-refractivity contribution in [1.82, 2.24) is 4.90 Å².